The average molecular weight is 441 g/mol. The number of carboxylic acid groups (broad SMARTS) is 1. The molecule has 3 aromatic rings. The van der Waals surface area contributed by atoms with E-state index in [0.717, 1.165) is 53.5 Å². The Kier molecular flexibility index (Phi) is 6.30. The number of aliphatic carboxylic acids is 1. The van der Waals surface area contributed by atoms with Crippen molar-refractivity contribution in [2.45, 2.75) is 19.0 Å². The summed E-state index contributed by atoms with van der Waals surface area (Å²) in [4.78, 5) is 27.1. The Bertz CT molecular complexity index is 1010. The Morgan fingerprint density at radius 3 is 2.43 bits per heavy atom. The summed E-state index contributed by atoms with van der Waals surface area (Å²) in [5.74, 6) is -2.15. The first-order valence-electron chi connectivity index (χ1n) is 8.94. The van der Waals surface area contributed by atoms with E-state index < -0.39 is 12.1 Å². The first-order valence-corrected chi connectivity index (χ1v) is 9.82. The van der Waals surface area contributed by atoms with Crippen LogP contribution in [0, 0.1) is 5.92 Å². The summed E-state index contributed by atoms with van der Waals surface area (Å²) >= 11 is 1.61. The summed E-state index contributed by atoms with van der Waals surface area (Å²) in [6.45, 7) is 1.64. The molecule has 1 fully saturated rings. The molecular weight excluding hydrogens is 423 g/mol. The van der Waals surface area contributed by atoms with Gasteiger partial charge in [0.1, 0.15) is 11.3 Å². The molecule has 3 N–H and O–H groups in total. The number of carbonyl (C=O) groups is 2. The number of para-hydroxylation sites is 1. The van der Waals surface area contributed by atoms with Gasteiger partial charge in [0.15, 0.2) is 10.9 Å². The fraction of sp³-hybridized carbons (Fsp3) is 0.316. The number of furan rings is 1. The summed E-state index contributed by atoms with van der Waals surface area (Å²) < 4.78 is 37.6. The zero-order valence-electron chi connectivity index (χ0n) is 15.6. The van der Waals surface area contributed by atoms with E-state index in [2.05, 4.69) is 4.90 Å². The number of hydrogen-bond acceptors (Lipinski definition) is 6. The van der Waals surface area contributed by atoms with E-state index in [1.165, 1.54) is 0 Å². The van der Waals surface area contributed by atoms with Crippen molar-refractivity contribution in [3.05, 3.63) is 35.7 Å². The molecule has 11 heteroatoms. The predicted molar refractivity (Wildman–Crippen MR) is 105 cm³/mol. The maximum atomic E-state index is 11.3. The second kappa shape index (κ2) is 8.74. The number of carbonyl (C=O) groups excluding carboxylic acids is 1. The van der Waals surface area contributed by atoms with Gasteiger partial charge in [-0.05, 0) is 25.0 Å². The fourth-order valence-corrected chi connectivity index (χ4v) is 3.85. The van der Waals surface area contributed by atoms with Crippen LogP contribution >= 0.6 is 11.3 Å². The Morgan fingerprint density at radius 1 is 1.23 bits per heavy atom. The molecular formula is C19H18F3N3O4S. The van der Waals surface area contributed by atoms with Crippen LogP contribution < -0.4 is 10.6 Å². The minimum absolute atomic E-state index is 0.000977. The molecule has 0 spiro atoms. The number of nitrogens with zero attached hydrogens (tertiary/aromatic N) is 2. The summed E-state index contributed by atoms with van der Waals surface area (Å²) in [7, 11) is 0. The second-order valence-electron chi connectivity index (χ2n) is 6.63. The summed E-state index contributed by atoms with van der Waals surface area (Å²) in [6.07, 6.45) is -3.48. The van der Waals surface area contributed by atoms with Gasteiger partial charge in [0.2, 0.25) is 5.91 Å². The monoisotopic (exact) mass is 441 g/mol. The van der Waals surface area contributed by atoms with Crippen LogP contribution in [-0.4, -0.2) is 41.2 Å². The number of thiazole rings is 1. The Labute approximate surface area is 172 Å². The number of rotatable bonds is 3. The Balaban J connectivity index is 0.000000318. The standard InChI is InChI=1S/C17H17N3O2S.C2HF3O2/c18-16(21)11-5-7-20(8-6-11)17-19-13(10-23-17)15-9-12-3-1-2-4-14(12)22-15;3-2(4,5)1(6)7/h1-4,9-11H,5-8H2,(H2,18,21);(H,6,7). The van der Waals surface area contributed by atoms with E-state index in [1.807, 2.05) is 35.7 Å². The van der Waals surface area contributed by atoms with Crippen molar-refractivity contribution in [3.63, 3.8) is 0 Å². The van der Waals surface area contributed by atoms with Crippen molar-refractivity contribution < 1.29 is 32.3 Å². The third-order valence-electron chi connectivity index (χ3n) is 4.58. The molecule has 0 atom stereocenters. The van der Waals surface area contributed by atoms with Crippen molar-refractivity contribution in [2.75, 3.05) is 18.0 Å². The van der Waals surface area contributed by atoms with Gasteiger partial charge >= 0.3 is 12.1 Å². The van der Waals surface area contributed by atoms with E-state index in [0.29, 0.717) is 0 Å². The molecule has 1 amide bonds. The third kappa shape index (κ3) is 5.09. The minimum Gasteiger partial charge on any atom is -0.475 e. The number of fused-ring (bicyclic) bond motifs is 1. The highest BCUT2D eigenvalue weighted by molar-refractivity contribution is 7.14. The third-order valence-corrected chi connectivity index (χ3v) is 5.48. The zero-order valence-corrected chi connectivity index (χ0v) is 16.4. The van der Waals surface area contributed by atoms with Gasteiger partial charge in [0.05, 0.1) is 0 Å². The second-order valence-corrected chi connectivity index (χ2v) is 7.47. The molecule has 1 aliphatic heterocycles. The Hall–Kier alpha value is -3.08. The molecule has 1 aliphatic rings. The van der Waals surface area contributed by atoms with E-state index in [1.54, 1.807) is 11.3 Å². The maximum absolute atomic E-state index is 11.3. The van der Waals surface area contributed by atoms with Gasteiger partial charge in [-0.3, -0.25) is 4.79 Å². The van der Waals surface area contributed by atoms with Crippen LogP contribution in [0.5, 0.6) is 0 Å². The topological polar surface area (TPSA) is 110 Å². The number of piperidine rings is 1. The first kappa shape index (κ1) is 21.6. The lowest BCUT2D eigenvalue weighted by Gasteiger charge is -2.30. The first-order chi connectivity index (χ1) is 14.1. The fourth-order valence-electron chi connectivity index (χ4n) is 2.99. The molecule has 3 heterocycles. The van der Waals surface area contributed by atoms with Crippen LogP contribution in [0.15, 0.2) is 40.1 Å². The van der Waals surface area contributed by atoms with Gasteiger partial charge in [-0.1, -0.05) is 18.2 Å². The molecule has 0 aliphatic carbocycles. The molecule has 1 saturated heterocycles. The highest BCUT2D eigenvalue weighted by Crippen LogP contribution is 2.33. The lowest BCUT2D eigenvalue weighted by molar-refractivity contribution is -0.192. The molecule has 0 bridgehead atoms. The normalized spacial score (nSPS) is 15.0. The maximum Gasteiger partial charge on any atom is 0.490 e. The number of benzene rings is 1. The molecule has 2 aromatic heterocycles. The minimum atomic E-state index is -5.08. The molecule has 4 rings (SSSR count). The van der Waals surface area contributed by atoms with Crippen LogP contribution in [0.4, 0.5) is 18.3 Å². The van der Waals surface area contributed by atoms with Crippen LogP contribution in [0.2, 0.25) is 0 Å². The highest BCUT2D eigenvalue weighted by Gasteiger charge is 2.38. The SMILES string of the molecule is NC(=O)C1CCN(c2nc(-c3cc4ccccc4o3)cs2)CC1.O=C(O)C(F)(F)F. The number of nitrogens with two attached hydrogens (primary N) is 1. The smallest absolute Gasteiger partial charge is 0.475 e. The van der Waals surface area contributed by atoms with Crippen LogP contribution in [-0.2, 0) is 9.59 Å². The summed E-state index contributed by atoms with van der Waals surface area (Å²) in [5.41, 5.74) is 7.12. The van der Waals surface area contributed by atoms with Crippen molar-refractivity contribution in [1.82, 2.24) is 4.98 Å². The zero-order chi connectivity index (χ0) is 21.9. The van der Waals surface area contributed by atoms with E-state index in [4.69, 9.17) is 25.0 Å². The number of halogens is 3. The molecule has 30 heavy (non-hydrogen) atoms. The van der Waals surface area contributed by atoms with Gasteiger partial charge < -0.3 is 20.2 Å². The van der Waals surface area contributed by atoms with Gasteiger partial charge in [0, 0.05) is 29.8 Å². The van der Waals surface area contributed by atoms with E-state index >= 15 is 0 Å². The lowest BCUT2D eigenvalue weighted by Crippen LogP contribution is -2.38. The van der Waals surface area contributed by atoms with Crippen molar-refractivity contribution in [1.29, 1.82) is 0 Å². The Morgan fingerprint density at radius 2 is 1.87 bits per heavy atom. The molecule has 160 valence electrons. The van der Waals surface area contributed by atoms with Crippen molar-refractivity contribution in [2.24, 2.45) is 11.7 Å². The molecule has 7 nitrogen and oxygen atoms in total. The predicted octanol–water partition coefficient (Wildman–Crippen LogP) is 3.89. The van der Waals surface area contributed by atoms with Crippen LogP contribution in [0.1, 0.15) is 12.8 Å². The quantitative estimate of drug-likeness (QED) is 0.638. The number of primary amides is 1. The summed E-state index contributed by atoms with van der Waals surface area (Å²) in [6, 6.07) is 9.97. The lowest BCUT2D eigenvalue weighted by atomic mass is 9.97. The highest BCUT2D eigenvalue weighted by atomic mass is 32.1. The van der Waals surface area contributed by atoms with Gasteiger partial charge in [-0.2, -0.15) is 13.2 Å². The van der Waals surface area contributed by atoms with E-state index in [-0.39, 0.29) is 11.8 Å². The largest absolute Gasteiger partial charge is 0.490 e. The molecule has 0 saturated carbocycles. The van der Waals surface area contributed by atoms with Crippen LogP contribution in [0.3, 0.4) is 0 Å². The number of amides is 1. The molecule has 0 unspecified atom stereocenters. The van der Waals surface area contributed by atoms with Gasteiger partial charge in [-0.15, -0.1) is 11.3 Å². The number of anilines is 1. The van der Waals surface area contributed by atoms with Crippen molar-refractivity contribution >= 4 is 39.3 Å². The van der Waals surface area contributed by atoms with E-state index in [9.17, 15) is 18.0 Å². The van der Waals surface area contributed by atoms with Gasteiger partial charge in [0.25, 0.3) is 0 Å². The van der Waals surface area contributed by atoms with Crippen LogP contribution in [0.25, 0.3) is 22.4 Å². The number of aromatic nitrogens is 1. The summed E-state index contributed by atoms with van der Waals surface area (Å²) in [5, 5.41) is 11.2. The average Bonchev–Trinajstić information content (AvgIpc) is 3.35. The molecule has 1 aromatic carbocycles. The number of alkyl halides is 3. The number of hydrogen-bond donors (Lipinski definition) is 2. The van der Waals surface area contributed by atoms with Gasteiger partial charge in [-0.25, -0.2) is 9.78 Å². The van der Waals surface area contributed by atoms with Crippen molar-refractivity contribution in [3.8, 4) is 11.5 Å². The molecule has 0 radical (unpaired) electrons. The number of carboxylic acids is 1.